The largest absolute Gasteiger partial charge is 0.246 e. The molecule has 276 valence electrons. The van der Waals surface area contributed by atoms with Crippen molar-refractivity contribution in [2.75, 3.05) is 0 Å². The van der Waals surface area contributed by atoms with Crippen LogP contribution in [0.25, 0.3) is 110 Å². The number of thiophene rings is 1. The molecular formula is C55H35N3S. The van der Waals surface area contributed by atoms with Gasteiger partial charge >= 0.3 is 0 Å². The van der Waals surface area contributed by atoms with Crippen LogP contribution in [0.1, 0.15) is 0 Å². The average molecular weight is 770 g/mol. The standard InChI is InChI=1S/C55H35N3S/c1-4-14-36(15-5-1)37-26-28-39(29-27-37)50-35-49(38-16-6-2-7-17-38)57-55(58-50)45-23-13-22-43(33-45)41-20-12-21-42(32-41)44-30-31-48-47(34-44)52-46-24-10-11-25-51(46)59-54(52)53(56-48)40-18-8-3-9-19-40/h1-35H. The van der Waals surface area contributed by atoms with Crippen LogP contribution in [0.15, 0.2) is 212 Å². The highest BCUT2D eigenvalue weighted by Crippen LogP contribution is 2.44. The van der Waals surface area contributed by atoms with Gasteiger partial charge in [0.2, 0.25) is 0 Å². The summed E-state index contributed by atoms with van der Waals surface area (Å²) in [4.78, 5) is 15.6. The Morgan fingerprint density at radius 1 is 0.305 bits per heavy atom. The molecule has 0 radical (unpaired) electrons. The minimum atomic E-state index is 0.690. The summed E-state index contributed by atoms with van der Waals surface area (Å²) in [6.07, 6.45) is 0. The van der Waals surface area contributed by atoms with Gasteiger partial charge in [0.05, 0.1) is 27.3 Å². The van der Waals surface area contributed by atoms with Gasteiger partial charge in [-0.25, -0.2) is 15.0 Å². The van der Waals surface area contributed by atoms with Crippen molar-refractivity contribution in [1.29, 1.82) is 0 Å². The molecule has 0 saturated carbocycles. The molecule has 0 bridgehead atoms. The van der Waals surface area contributed by atoms with E-state index in [1.54, 1.807) is 0 Å². The number of benzene rings is 8. The minimum absolute atomic E-state index is 0.690. The number of aromatic nitrogens is 3. The number of nitrogens with zero attached hydrogens (tertiary/aromatic N) is 3. The molecule has 0 aliphatic heterocycles. The van der Waals surface area contributed by atoms with Crippen molar-refractivity contribution < 1.29 is 0 Å². The van der Waals surface area contributed by atoms with Gasteiger partial charge in [-0.15, -0.1) is 11.3 Å². The fourth-order valence-corrected chi connectivity index (χ4v) is 9.35. The molecule has 3 nitrogen and oxygen atoms in total. The number of hydrogen-bond acceptors (Lipinski definition) is 4. The third-order valence-electron chi connectivity index (χ3n) is 11.1. The molecular weight excluding hydrogens is 735 g/mol. The molecule has 0 fully saturated rings. The van der Waals surface area contributed by atoms with E-state index in [2.05, 4.69) is 200 Å². The summed E-state index contributed by atoms with van der Waals surface area (Å²) in [7, 11) is 0. The summed E-state index contributed by atoms with van der Waals surface area (Å²) in [6, 6.07) is 74.9. The first-order valence-electron chi connectivity index (χ1n) is 19.8. The number of rotatable bonds is 7. The van der Waals surface area contributed by atoms with Gasteiger partial charge in [-0.2, -0.15) is 0 Å². The van der Waals surface area contributed by atoms with E-state index in [0.29, 0.717) is 5.82 Å². The van der Waals surface area contributed by atoms with Crippen LogP contribution in [0.5, 0.6) is 0 Å². The maximum Gasteiger partial charge on any atom is 0.160 e. The van der Waals surface area contributed by atoms with Crippen LogP contribution < -0.4 is 0 Å². The third kappa shape index (κ3) is 6.56. The van der Waals surface area contributed by atoms with Crippen molar-refractivity contribution in [3.05, 3.63) is 212 Å². The third-order valence-corrected chi connectivity index (χ3v) is 12.3. The first kappa shape index (κ1) is 34.7. The van der Waals surface area contributed by atoms with E-state index in [1.165, 1.54) is 36.7 Å². The SMILES string of the molecule is c1ccc(-c2ccc(-c3cc(-c4ccccc4)nc(-c4cccc(-c5cccc(-c6ccc7nc(-c8ccccc8)c8sc9ccccc9c8c7c6)c5)c4)n3)cc2)cc1. The van der Waals surface area contributed by atoms with Crippen LogP contribution in [0.3, 0.4) is 0 Å². The molecule has 11 aromatic rings. The fraction of sp³-hybridized carbons (Fsp3) is 0. The van der Waals surface area contributed by atoms with Crippen molar-refractivity contribution in [3.8, 4) is 78.5 Å². The van der Waals surface area contributed by atoms with E-state index in [4.69, 9.17) is 15.0 Å². The summed E-state index contributed by atoms with van der Waals surface area (Å²) in [6.45, 7) is 0. The Kier molecular flexibility index (Phi) is 8.68. The molecule has 3 aromatic heterocycles. The molecule has 11 rings (SSSR count). The molecule has 8 aromatic carbocycles. The molecule has 0 spiro atoms. The van der Waals surface area contributed by atoms with Crippen molar-refractivity contribution in [1.82, 2.24) is 15.0 Å². The normalized spacial score (nSPS) is 11.4. The van der Waals surface area contributed by atoms with Crippen LogP contribution in [0.4, 0.5) is 0 Å². The Balaban J connectivity index is 0.984. The molecule has 4 heteroatoms. The summed E-state index contributed by atoms with van der Waals surface area (Å²) >= 11 is 1.82. The van der Waals surface area contributed by atoms with Crippen LogP contribution in [0, 0.1) is 0 Å². The van der Waals surface area contributed by atoms with Crippen molar-refractivity contribution in [2.24, 2.45) is 0 Å². The Labute approximate surface area is 346 Å². The second kappa shape index (κ2) is 14.8. The highest BCUT2D eigenvalue weighted by atomic mass is 32.1. The van der Waals surface area contributed by atoms with Gasteiger partial charge < -0.3 is 0 Å². The summed E-state index contributed by atoms with van der Waals surface area (Å²) < 4.78 is 2.49. The van der Waals surface area contributed by atoms with Crippen LogP contribution in [0.2, 0.25) is 0 Å². The lowest BCUT2D eigenvalue weighted by molar-refractivity contribution is 1.18. The quantitative estimate of drug-likeness (QED) is 0.162. The smallest absolute Gasteiger partial charge is 0.160 e. The van der Waals surface area contributed by atoms with Gasteiger partial charge in [-0.1, -0.05) is 176 Å². The Bertz CT molecular complexity index is 3300. The Morgan fingerprint density at radius 2 is 0.780 bits per heavy atom. The number of fused-ring (bicyclic) bond motifs is 5. The van der Waals surface area contributed by atoms with E-state index < -0.39 is 0 Å². The van der Waals surface area contributed by atoms with Crippen LogP contribution >= 0.6 is 11.3 Å². The lowest BCUT2D eigenvalue weighted by atomic mass is 9.96. The summed E-state index contributed by atoms with van der Waals surface area (Å²) in [5.41, 5.74) is 14.9. The molecule has 3 heterocycles. The van der Waals surface area contributed by atoms with E-state index in [1.807, 2.05) is 23.5 Å². The predicted octanol–water partition coefficient (Wildman–Crippen LogP) is 15.1. The fourth-order valence-electron chi connectivity index (χ4n) is 8.12. The molecule has 0 saturated heterocycles. The van der Waals surface area contributed by atoms with Gasteiger partial charge in [0.15, 0.2) is 5.82 Å². The average Bonchev–Trinajstić information content (AvgIpc) is 3.72. The van der Waals surface area contributed by atoms with Crippen LogP contribution in [-0.2, 0) is 0 Å². The molecule has 0 N–H and O–H groups in total. The molecule has 0 aliphatic carbocycles. The molecule has 0 aliphatic rings. The zero-order valence-electron chi connectivity index (χ0n) is 32.0. The molecule has 0 amide bonds. The van der Waals surface area contributed by atoms with E-state index in [9.17, 15) is 0 Å². The topological polar surface area (TPSA) is 38.7 Å². The molecule has 59 heavy (non-hydrogen) atoms. The Hall–Kier alpha value is -7.53. The van der Waals surface area contributed by atoms with E-state index >= 15 is 0 Å². The van der Waals surface area contributed by atoms with Crippen molar-refractivity contribution in [3.63, 3.8) is 0 Å². The van der Waals surface area contributed by atoms with Gasteiger partial charge in [-0.3, -0.25) is 0 Å². The molecule has 0 atom stereocenters. The van der Waals surface area contributed by atoms with Gasteiger partial charge in [-0.05, 0) is 69.8 Å². The Morgan fingerprint density at radius 3 is 1.46 bits per heavy atom. The maximum atomic E-state index is 5.27. The number of pyridine rings is 1. The van der Waals surface area contributed by atoms with Crippen molar-refractivity contribution in [2.45, 2.75) is 0 Å². The van der Waals surface area contributed by atoms with Gasteiger partial charge in [0, 0.05) is 43.1 Å². The van der Waals surface area contributed by atoms with Gasteiger partial charge in [0.1, 0.15) is 0 Å². The van der Waals surface area contributed by atoms with Gasteiger partial charge in [0.25, 0.3) is 0 Å². The lowest BCUT2D eigenvalue weighted by Gasteiger charge is -2.12. The highest BCUT2D eigenvalue weighted by molar-refractivity contribution is 7.26. The highest BCUT2D eigenvalue weighted by Gasteiger charge is 2.17. The monoisotopic (exact) mass is 769 g/mol. The zero-order valence-corrected chi connectivity index (χ0v) is 32.8. The van der Waals surface area contributed by atoms with E-state index in [0.717, 1.165) is 67.1 Å². The lowest BCUT2D eigenvalue weighted by Crippen LogP contribution is -1.96. The molecule has 0 unspecified atom stereocenters. The first-order chi connectivity index (χ1) is 29.2. The number of hydrogen-bond donors (Lipinski definition) is 0. The van der Waals surface area contributed by atoms with Crippen molar-refractivity contribution >= 4 is 42.4 Å². The second-order valence-corrected chi connectivity index (χ2v) is 15.8. The predicted molar refractivity (Wildman–Crippen MR) is 248 cm³/mol. The zero-order chi connectivity index (χ0) is 39.1. The second-order valence-electron chi connectivity index (χ2n) is 14.8. The maximum absolute atomic E-state index is 5.27. The van der Waals surface area contributed by atoms with E-state index in [-0.39, 0.29) is 0 Å². The first-order valence-corrected chi connectivity index (χ1v) is 20.7. The summed E-state index contributed by atoms with van der Waals surface area (Å²) in [5.74, 6) is 0.690. The summed E-state index contributed by atoms with van der Waals surface area (Å²) in [5, 5.41) is 3.71. The minimum Gasteiger partial charge on any atom is -0.246 e. The van der Waals surface area contributed by atoms with Crippen LogP contribution in [-0.4, -0.2) is 15.0 Å².